The first-order valence-electron chi connectivity index (χ1n) is 12.6. The van der Waals surface area contributed by atoms with Crippen molar-refractivity contribution in [2.45, 2.75) is 57.5 Å². The Morgan fingerprint density at radius 2 is 1.97 bits per heavy atom. The number of methoxy groups -OCH3 is 1. The standard InChI is InChI=1S/C27H33FN6O3/c1-4-27(17-35,31-16-22-26(36)34(2)25-21(32-22)10-8-14-29-25)13-7-5-6-9-18-19(28)15-30-20-11-12-23(37-3)33-24(18)20/h8,10-12,14-15,31,35H,4-7,9,13,16-17H2,1-3H3. The Morgan fingerprint density at radius 1 is 1.14 bits per heavy atom. The number of rotatable bonds is 12. The molecule has 4 rings (SSSR count). The van der Waals surface area contributed by atoms with Gasteiger partial charge < -0.3 is 15.2 Å². The molecule has 4 aromatic heterocycles. The van der Waals surface area contributed by atoms with Gasteiger partial charge in [-0.25, -0.2) is 19.3 Å². The molecule has 1 unspecified atom stereocenters. The molecule has 4 heterocycles. The van der Waals surface area contributed by atoms with Gasteiger partial charge in [-0.2, -0.15) is 0 Å². The lowest BCUT2D eigenvalue weighted by Gasteiger charge is -2.32. The summed E-state index contributed by atoms with van der Waals surface area (Å²) < 4.78 is 21.2. The van der Waals surface area contributed by atoms with Crippen LogP contribution in [0, 0.1) is 5.82 Å². The van der Waals surface area contributed by atoms with Gasteiger partial charge in [0.05, 0.1) is 30.9 Å². The van der Waals surface area contributed by atoms with Gasteiger partial charge >= 0.3 is 0 Å². The highest BCUT2D eigenvalue weighted by atomic mass is 19.1. The van der Waals surface area contributed by atoms with E-state index in [9.17, 15) is 14.3 Å². The highest BCUT2D eigenvalue weighted by Gasteiger charge is 2.27. The summed E-state index contributed by atoms with van der Waals surface area (Å²) >= 11 is 0. The van der Waals surface area contributed by atoms with Crippen molar-refractivity contribution in [2.24, 2.45) is 7.05 Å². The lowest BCUT2D eigenvalue weighted by molar-refractivity contribution is 0.141. The average Bonchev–Trinajstić information content (AvgIpc) is 2.93. The summed E-state index contributed by atoms with van der Waals surface area (Å²) in [6, 6.07) is 7.10. The number of aryl methyl sites for hydroxylation is 2. The summed E-state index contributed by atoms with van der Waals surface area (Å²) in [5, 5.41) is 13.6. The van der Waals surface area contributed by atoms with Crippen LogP contribution in [0.15, 0.2) is 41.5 Å². The van der Waals surface area contributed by atoms with Crippen molar-refractivity contribution in [1.82, 2.24) is 29.8 Å². The van der Waals surface area contributed by atoms with Crippen molar-refractivity contribution >= 4 is 22.2 Å². The maximum Gasteiger partial charge on any atom is 0.274 e. The van der Waals surface area contributed by atoms with E-state index in [1.807, 2.05) is 13.0 Å². The van der Waals surface area contributed by atoms with Gasteiger partial charge in [-0.3, -0.25) is 14.3 Å². The number of unbranched alkanes of at least 4 members (excludes halogenated alkanes) is 2. The second-order valence-corrected chi connectivity index (χ2v) is 9.28. The van der Waals surface area contributed by atoms with Gasteiger partial charge in [-0.15, -0.1) is 0 Å². The molecule has 37 heavy (non-hydrogen) atoms. The van der Waals surface area contributed by atoms with Crippen LogP contribution in [0.1, 0.15) is 50.3 Å². The number of nitrogens with zero attached hydrogens (tertiary/aromatic N) is 5. The Kier molecular flexibility index (Phi) is 8.40. The molecule has 0 amide bonds. The molecule has 0 saturated carbocycles. The first-order valence-corrected chi connectivity index (χ1v) is 12.6. The zero-order valence-corrected chi connectivity index (χ0v) is 21.5. The maximum atomic E-state index is 14.6. The molecule has 196 valence electrons. The maximum absolute atomic E-state index is 14.6. The Hall–Kier alpha value is -3.50. The minimum atomic E-state index is -0.542. The Labute approximate surface area is 214 Å². The molecule has 0 radical (unpaired) electrons. The molecule has 9 nitrogen and oxygen atoms in total. The van der Waals surface area contributed by atoms with E-state index in [0.717, 1.165) is 19.3 Å². The molecule has 4 aromatic rings. The molecule has 0 bridgehead atoms. The number of aliphatic hydroxyl groups excluding tert-OH is 1. The molecule has 0 aliphatic rings. The van der Waals surface area contributed by atoms with Crippen LogP contribution in [0.5, 0.6) is 5.88 Å². The molecule has 0 aromatic carbocycles. The smallest absolute Gasteiger partial charge is 0.274 e. The topological polar surface area (TPSA) is 115 Å². The average molecular weight is 509 g/mol. The fraction of sp³-hybridized carbons (Fsp3) is 0.444. The lowest BCUT2D eigenvalue weighted by Crippen LogP contribution is -2.48. The summed E-state index contributed by atoms with van der Waals surface area (Å²) in [5.74, 6) is 0.0581. The third-order valence-corrected chi connectivity index (χ3v) is 7.03. The number of pyridine rings is 3. The molecule has 0 aliphatic heterocycles. The Balaban J connectivity index is 1.38. The number of nitrogens with one attached hydrogen (secondary N) is 1. The van der Waals surface area contributed by atoms with Crippen molar-refractivity contribution in [2.75, 3.05) is 13.7 Å². The lowest BCUT2D eigenvalue weighted by atomic mass is 9.89. The summed E-state index contributed by atoms with van der Waals surface area (Å²) in [7, 11) is 3.21. The molecule has 1 atom stereocenters. The van der Waals surface area contributed by atoms with E-state index in [2.05, 4.69) is 25.3 Å². The van der Waals surface area contributed by atoms with Gasteiger partial charge in [-0.1, -0.05) is 19.8 Å². The minimum Gasteiger partial charge on any atom is -0.481 e. The molecule has 0 saturated heterocycles. The van der Waals surface area contributed by atoms with Crippen molar-refractivity contribution in [3.05, 3.63) is 64.1 Å². The van der Waals surface area contributed by atoms with Crippen LogP contribution in [0.3, 0.4) is 0 Å². The molecule has 2 N–H and O–H groups in total. The number of ether oxygens (including phenoxy) is 1. The highest BCUT2D eigenvalue weighted by molar-refractivity contribution is 5.78. The number of aromatic nitrogens is 5. The van der Waals surface area contributed by atoms with Crippen molar-refractivity contribution in [1.29, 1.82) is 0 Å². The summed E-state index contributed by atoms with van der Waals surface area (Å²) in [6.45, 7) is 2.19. The van der Waals surface area contributed by atoms with Gasteiger partial charge in [0.1, 0.15) is 17.0 Å². The fourth-order valence-electron chi connectivity index (χ4n) is 4.61. The van der Waals surface area contributed by atoms with Crippen LogP contribution in [0.4, 0.5) is 4.39 Å². The molecule has 0 spiro atoms. The Morgan fingerprint density at radius 3 is 2.73 bits per heavy atom. The van der Waals surface area contributed by atoms with E-state index in [0.29, 0.717) is 58.6 Å². The largest absolute Gasteiger partial charge is 0.481 e. The fourth-order valence-corrected chi connectivity index (χ4v) is 4.61. The third-order valence-electron chi connectivity index (χ3n) is 7.03. The molecule has 0 fully saturated rings. The predicted molar refractivity (Wildman–Crippen MR) is 140 cm³/mol. The van der Waals surface area contributed by atoms with Crippen molar-refractivity contribution in [3.8, 4) is 5.88 Å². The third kappa shape index (κ3) is 5.75. The van der Waals surface area contributed by atoms with Gasteiger partial charge in [0.15, 0.2) is 5.65 Å². The number of halogens is 1. The van der Waals surface area contributed by atoms with Crippen LogP contribution < -0.4 is 15.6 Å². The second-order valence-electron chi connectivity index (χ2n) is 9.28. The van der Waals surface area contributed by atoms with Crippen molar-refractivity contribution in [3.63, 3.8) is 0 Å². The zero-order valence-electron chi connectivity index (χ0n) is 21.5. The number of hydrogen-bond donors (Lipinski definition) is 2. The quantitative estimate of drug-likeness (QED) is 0.280. The first-order chi connectivity index (χ1) is 17.9. The second kappa shape index (κ2) is 11.7. The normalized spacial score (nSPS) is 13.2. The summed E-state index contributed by atoms with van der Waals surface area (Å²) in [4.78, 5) is 30.0. The molecule has 0 aliphatic carbocycles. The van der Waals surface area contributed by atoms with Crippen LogP contribution in [0.2, 0.25) is 0 Å². The van der Waals surface area contributed by atoms with E-state index in [1.165, 1.54) is 17.9 Å². The molecular weight excluding hydrogens is 475 g/mol. The van der Waals surface area contributed by atoms with Crippen molar-refractivity contribution < 1.29 is 14.2 Å². The monoisotopic (exact) mass is 508 g/mol. The number of aliphatic hydroxyl groups is 1. The van der Waals surface area contributed by atoms with Gasteiger partial charge in [0.2, 0.25) is 5.88 Å². The van der Waals surface area contributed by atoms with Gasteiger partial charge in [0, 0.05) is 37.0 Å². The van der Waals surface area contributed by atoms with Crippen LogP contribution in [-0.2, 0) is 20.0 Å². The van der Waals surface area contributed by atoms with Gasteiger partial charge in [0.25, 0.3) is 5.56 Å². The van der Waals surface area contributed by atoms with Crippen LogP contribution in [-0.4, -0.2) is 48.9 Å². The number of fused-ring (bicyclic) bond motifs is 2. The Bertz CT molecular complexity index is 1440. The van der Waals surface area contributed by atoms with E-state index in [4.69, 9.17) is 4.74 Å². The number of hydrogen-bond acceptors (Lipinski definition) is 8. The van der Waals surface area contributed by atoms with Crippen LogP contribution >= 0.6 is 0 Å². The zero-order chi connectivity index (χ0) is 26.4. The van der Waals surface area contributed by atoms with E-state index < -0.39 is 5.54 Å². The van der Waals surface area contributed by atoms with E-state index in [-0.39, 0.29) is 24.5 Å². The predicted octanol–water partition coefficient (Wildman–Crippen LogP) is 3.45. The summed E-state index contributed by atoms with van der Waals surface area (Å²) in [6.07, 6.45) is 7.24. The summed E-state index contributed by atoms with van der Waals surface area (Å²) in [5.41, 5.74) is 2.52. The van der Waals surface area contributed by atoms with E-state index >= 15 is 0 Å². The molecule has 10 heteroatoms. The van der Waals surface area contributed by atoms with E-state index in [1.54, 1.807) is 31.4 Å². The highest BCUT2D eigenvalue weighted by Crippen LogP contribution is 2.24. The minimum absolute atomic E-state index is 0.0632. The SMILES string of the molecule is CCC(CO)(CCCCCc1c(F)cnc2ccc(OC)nc12)NCc1nc2cccnc2n(C)c1=O. The van der Waals surface area contributed by atoms with Gasteiger partial charge in [-0.05, 0) is 43.9 Å². The molecular formula is C27H33FN6O3. The first kappa shape index (κ1) is 26.6. The van der Waals surface area contributed by atoms with Crippen LogP contribution in [0.25, 0.3) is 22.2 Å².